The molecule has 0 fully saturated rings. The summed E-state index contributed by atoms with van der Waals surface area (Å²) in [5.74, 6) is 0.785. The molecule has 0 saturated carbocycles. The van der Waals surface area contributed by atoms with E-state index in [-0.39, 0.29) is 12.1 Å². The smallest absolute Gasteiger partial charge is 0.319 e. The maximum absolute atomic E-state index is 12.2. The molecule has 0 radical (unpaired) electrons. The third-order valence-electron chi connectivity index (χ3n) is 3.75. The summed E-state index contributed by atoms with van der Waals surface area (Å²) in [5.41, 5.74) is 1.58. The Kier molecular flexibility index (Phi) is 6.93. The van der Waals surface area contributed by atoms with Crippen molar-refractivity contribution in [2.75, 3.05) is 33.1 Å². The first-order chi connectivity index (χ1) is 11.9. The van der Waals surface area contributed by atoms with Crippen molar-refractivity contribution in [2.24, 2.45) is 0 Å². The number of amides is 2. The van der Waals surface area contributed by atoms with Crippen molar-refractivity contribution in [2.45, 2.75) is 6.04 Å². The van der Waals surface area contributed by atoms with Gasteiger partial charge in [0.15, 0.2) is 0 Å². The fourth-order valence-electron chi connectivity index (χ4n) is 2.45. The van der Waals surface area contributed by atoms with Gasteiger partial charge in [0.1, 0.15) is 5.75 Å². The maximum Gasteiger partial charge on any atom is 0.319 e. The molecule has 1 atom stereocenters. The van der Waals surface area contributed by atoms with Crippen LogP contribution in [0.3, 0.4) is 0 Å². The quantitative estimate of drug-likeness (QED) is 0.777. The predicted octanol–water partition coefficient (Wildman–Crippen LogP) is 4.43. The van der Waals surface area contributed by atoms with E-state index in [1.54, 1.807) is 25.3 Å². The Hall–Kier alpha value is -1.95. The molecule has 0 aliphatic heterocycles. The van der Waals surface area contributed by atoms with Crippen LogP contribution in [0.25, 0.3) is 0 Å². The average molecular weight is 382 g/mol. The molecule has 5 nitrogen and oxygen atoms in total. The van der Waals surface area contributed by atoms with Gasteiger partial charge in [-0.25, -0.2) is 4.79 Å². The summed E-state index contributed by atoms with van der Waals surface area (Å²) in [6.45, 7) is 0.417. The topological polar surface area (TPSA) is 53.6 Å². The molecule has 0 aliphatic carbocycles. The molecule has 0 aliphatic rings. The second-order valence-electron chi connectivity index (χ2n) is 5.69. The first kappa shape index (κ1) is 19.4. The number of anilines is 1. The Bertz CT molecular complexity index is 738. The SMILES string of the molecule is COc1ccccc1C(CNC(=O)Nc1ccc(Cl)c(Cl)c1)N(C)C. The van der Waals surface area contributed by atoms with Crippen molar-refractivity contribution >= 4 is 34.9 Å². The van der Waals surface area contributed by atoms with E-state index < -0.39 is 0 Å². The Morgan fingerprint density at radius 1 is 1.16 bits per heavy atom. The van der Waals surface area contributed by atoms with Gasteiger partial charge in [-0.05, 0) is 38.4 Å². The lowest BCUT2D eigenvalue weighted by molar-refractivity contribution is 0.242. The summed E-state index contributed by atoms with van der Waals surface area (Å²) in [6.07, 6.45) is 0. The standard InChI is InChI=1S/C18H21Cl2N3O2/c1-23(2)16(13-6-4-5-7-17(13)25-3)11-21-18(24)22-12-8-9-14(19)15(20)10-12/h4-10,16H,11H2,1-3H3,(H2,21,22,24). The molecule has 0 aromatic heterocycles. The van der Waals surface area contributed by atoms with E-state index in [4.69, 9.17) is 27.9 Å². The molecular formula is C18H21Cl2N3O2. The average Bonchev–Trinajstić information content (AvgIpc) is 2.58. The van der Waals surface area contributed by atoms with Gasteiger partial charge >= 0.3 is 6.03 Å². The number of nitrogens with one attached hydrogen (secondary N) is 2. The van der Waals surface area contributed by atoms with Gasteiger partial charge in [-0.2, -0.15) is 0 Å². The van der Waals surface area contributed by atoms with E-state index in [1.807, 2.05) is 43.3 Å². The van der Waals surface area contributed by atoms with Crippen molar-refractivity contribution in [1.82, 2.24) is 10.2 Å². The zero-order chi connectivity index (χ0) is 18.4. The molecule has 0 saturated heterocycles. The van der Waals surface area contributed by atoms with Crippen LogP contribution in [0.1, 0.15) is 11.6 Å². The van der Waals surface area contributed by atoms with Gasteiger partial charge < -0.3 is 20.3 Å². The van der Waals surface area contributed by atoms with Crippen LogP contribution in [-0.2, 0) is 0 Å². The molecule has 1 unspecified atom stereocenters. The number of urea groups is 1. The normalized spacial score (nSPS) is 11.9. The minimum absolute atomic E-state index is 0.0318. The number of rotatable bonds is 6. The highest BCUT2D eigenvalue weighted by Crippen LogP contribution is 2.27. The molecule has 134 valence electrons. The third kappa shape index (κ3) is 5.26. The van der Waals surface area contributed by atoms with Crippen molar-refractivity contribution in [1.29, 1.82) is 0 Å². The number of likely N-dealkylation sites (N-methyl/N-ethyl adjacent to an activating group) is 1. The van der Waals surface area contributed by atoms with Gasteiger partial charge in [0.2, 0.25) is 0 Å². The van der Waals surface area contributed by atoms with Crippen LogP contribution < -0.4 is 15.4 Å². The number of hydrogen-bond acceptors (Lipinski definition) is 3. The van der Waals surface area contributed by atoms with Crippen LogP contribution in [0, 0.1) is 0 Å². The number of ether oxygens (including phenoxy) is 1. The van der Waals surface area contributed by atoms with Crippen LogP contribution in [-0.4, -0.2) is 38.7 Å². The van der Waals surface area contributed by atoms with Gasteiger partial charge in [0.05, 0.1) is 23.2 Å². The van der Waals surface area contributed by atoms with Crippen molar-refractivity contribution in [3.63, 3.8) is 0 Å². The Morgan fingerprint density at radius 2 is 1.88 bits per heavy atom. The summed E-state index contributed by atoms with van der Waals surface area (Å²) in [4.78, 5) is 14.2. The lowest BCUT2D eigenvalue weighted by Gasteiger charge is -2.26. The van der Waals surface area contributed by atoms with E-state index in [0.29, 0.717) is 22.3 Å². The Morgan fingerprint density at radius 3 is 2.52 bits per heavy atom. The molecule has 7 heteroatoms. The Labute approximate surface area is 157 Å². The summed E-state index contributed by atoms with van der Waals surface area (Å²) < 4.78 is 5.42. The van der Waals surface area contributed by atoms with E-state index in [2.05, 4.69) is 10.6 Å². The van der Waals surface area contributed by atoms with Gasteiger partial charge in [-0.15, -0.1) is 0 Å². The van der Waals surface area contributed by atoms with E-state index in [9.17, 15) is 4.79 Å². The number of nitrogens with zero attached hydrogens (tertiary/aromatic N) is 1. The second kappa shape index (κ2) is 8.94. The molecule has 2 N–H and O–H groups in total. The highest BCUT2D eigenvalue weighted by Gasteiger charge is 2.19. The lowest BCUT2D eigenvalue weighted by Crippen LogP contribution is -2.37. The second-order valence-corrected chi connectivity index (χ2v) is 6.50. The molecule has 2 amide bonds. The van der Waals surface area contributed by atoms with Crippen LogP contribution in [0.4, 0.5) is 10.5 Å². The largest absolute Gasteiger partial charge is 0.496 e. The minimum Gasteiger partial charge on any atom is -0.496 e. The number of halogens is 2. The summed E-state index contributed by atoms with van der Waals surface area (Å²) in [5, 5.41) is 6.44. The monoisotopic (exact) mass is 381 g/mol. The van der Waals surface area contributed by atoms with Gasteiger partial charge in [0.25, 0.3) is 0 Å². The predicted molar refractivity (Wildman–Crippen MR) is 103 cm³/mol. The first-order valence-electron chi connectivity index (χ1n) is 7.71. The summed E-state index contributed by atoms with van der Waals surface area (Å²) >= 11 is 11.8. The highest BCUT2D eigenvalue weighted by atomic mass is 35.5. The molecular weight excluding hydrogens is 361 g/mol. The number of carbonyl (C=O) groups is 1. The molecule has 0 heterocycles. The van der Waals surface area contributed by atoms with Gasteiger partial charge in [-0.1, -0.05) is 41.4 Å². The summed E-state index contributed by atoms with van der Waals surface area (Å²) in [6, 6.07) is 12.3. The van der Waals surface area contributed by atoms with Crippen molar-refractivity contribution < 1.29 is 9.53 Å². The van der Waals surface area contributed by atoms with Gasteiger partial charge in [-0.3, -0.25) is 0 Å². The van der Waals surface area contributed by atoms with Crippen molar-refractivity contribution in [3.8, 4) is 5.75 Å². The fourth-order valence-corrected chi connectivity index (χ4v) is 2.75. The number of para-hydroxylation sites is 1. The first-order valence-corrected chi connectivity index (χ1v) is 8.47. The van der Waals surface area contributed by atoms with Crippen molar-refractivity contribution in [3.05, 3.63) is 58.1 Å². The fraction of sp³-hybridized carbons (Fsp3) is 0.278. The molecule has 2 rings (SSSR count). The number of hydrogen-bond donors (Lipinski definition) is 2. The van der Waals surface area contributed by atoms with Gasteiger partial charge in [0, 0.05) is 17.8 Å². The molecule has 0 bridgehead atoms. The third-order valence-corrected chi connectivity index (χ3v) is 4.49. The van der Waals surface area contributed by atoms with Crippen LogP contribution in [0.5, 0.6) is 5.75 Å². The number of methoxy groups -OCH3 is 1. The molecule has 2 aromatic rings. The summed E-state index contributed by atoms with van der Waals surface area (Å²) in [7, 11) is 5.54. The molecule has 0 spiro atoms. The Balaban J connectivity index is 2.03. The zero-order valence-electron chi connectivity index (χ0n) is 14.3. The molecule has 2 aromatic carbocycles. The number of carbonyl (C=O) groups excluding carboxylic acids is 1. The van der Waals surface area contributed by atoms with E-state index in [0.717, 1.165) is 11.3 Å². The minimum atomic E-state index is -0.319. The van der Waals surface area contributed by atoms with E-state index in [1.165, 1.54) is 0 Å². The van der Waals surface area contributed by atoms with Crippen LogP contribution >= 0.6 is 23.2 Å². The molecule has 25 heavy (non-hydrogen) atoms. The van der Waals surface area contributed by atoms with E-state index >= 15 is 0 Å². The number of benzene rings is 2. The zero-order valence-corrected chi connectivity index (χ0v) is 15.9. The van der Waals surface area contributed by atoms with Crippen LogP contribution in [0.2, 0.25) is 10.0 Å². The highest BCUT2D eigenvalue weighted by molar-refractivity contribution is 6.42. The van der Waals surface area contributed by atoms with Crippen LogP contribution in [0.15, 0.2) is 42.5 Å². The maximum atomic E-state index is 12.2. The lowest BCUT2D eigenvalue weighted by atomic mass is 10.0.